The molecule has 1 atom stereocenters. The molecule has 0 bridgehead atoms. The van der Waals surface area contributed by atoms with Crippen LogP contribution in [0.15, 0.2) is 91.0 Å². The fraction of sp³-hybridized carbons (Fsp3) is 0.400. The Labute approximate surface area is 208 Å². The van der Waals surface area contributed by atoms with Crippen molar-refractivity contribution in [1.82, 2.24) is 0 Å². The van der Waals surface area contributed by atoms with Gasteiger partial charge in [0.05, 0.1) is 6.42 Å². The largest absolute Gasteiger partial charge is 0.421 e. The van der Waals surface area contributed by atoms with Crippen LogP contribution in [0.5, 0.6) is 17.2 Å². The Morgan fingerprint density at radius 3 is 1.12 bits per heavy atom. The Hall–Kier alpha value is -2.51. The summed E-state index contributed by atoms with van der Waals surface area (Å²) >= 11 is 0. The summed E-state index contributed by atoms with van der Waals surface area (Å²) in [5, 5.41) is 0. The molecular formula is C30H39O3P. The zero-order valence-corrected chi connectivity index (χ0v) is 21.4. The van der Waals surface area contributed by atoms with Gasteiger partial charge in [-0.3, -0.25) is 0 Å². The molecule has 34 heavy (non-hydrogen) atoms. The topological polar surface area (TPSA) is 27.7 Å². The molecule has 0 aliphatic carbocycles. The molecule has 1 unspecified atom stereocenters. The van der Waals surface area contributed by atoms with Gasteiger partial charge in [0, 0.05) is 0 Å². The summed E-state index contributed by atoms with van der Waals surface area (Å²) in [7, 11) is 2.82. The normalized spacial score (nSPS) is 11.2. The summed E-state index contributed by atoms with van der Waals surface area (Å²) < 4.78 is 19.3. The zero-order chi connectivity index (χ0) is 23.7. The van der Waals surface area contributed by atoms with E-state index in [1.165, 1.54) is 51.1 Å². The molecule has 3 aromatic rings. The number of rotatable bonds is 17. The van der Waals surface area contributed by atoms with Crippen molar-refractivity contribution in [3.63, 3.8) is 0 Å². The third-order valence-electron chi connectivity index (χ3n) is 5.74. The van der Waals surface area contributed by atoms with Crippen molar-refractivity contribution in [2.24, 2.45) is 0 Å². The van der Waals surface area contributed by atoms with Crippen molar-refractivity contribution in [2.75, 3.05) is 6.16 Å². The minimum absolute atomic E-state index is 0.625. The number of unbranched alkanes of at least 4 members (excludes halogenated alkanes) is 8. The number of benzene rings is 3. The maximum Gasteiger partial charge on any atom is 0.417 e. The third kappa shape index (κ3) is 9.77. The fourth-order valence-electron chi connectivity index (χ4n) is 3.94. The standard InChI is InChI=1S/C30H39O3P/c34-26-18-7-5-3-1-2-4-6-17-25-30(31-27-19-11-8-12-20-27,32-28-21-13-9-14-22-28)33-29-23-15-10-16-24-29/h8-16,19-24H,1-7,17-18,25-26,34H2. The molecule has 0 aliphatic rings. The predicted molar refractivity (Wildman–Crippen MR) is 145 cm³/mol. The number of ether oxygens (including phenoxy) is 3. The molecular weight excluding hydrogens is 439 g/mol. The SMILES string of the molecule is PCCCCCCCCCCCC(Oc1ccccc1)(Oc1ccccc1)Oc1ccccc1. The lowest BCUT2D eigenvalue weighted by Crippen LogP contribution is -2.48. The zero-order valence-electron chi connectivity index (χ0n) is 20.2. The Kier molecular flexibility index (Phi) is 11.8. The van der Waals surface area contributed by atoms with Crippen molar-refractivity contribution in [3.8, 4) is 17.2 Å². The van der Waals surface area contributed by atoms with E-state index in [4.69, 9.17) is 14.2 Å². The highest BCUT2D eigenvalue weighted by Gasteiger charge is 2.38. The molecule has 0 aromatic heterocycles. The van der Waals surface area contributed by atoms with E-state index in [0.717, 1.165) is 30.1 Å². The van der Waals surface area contributed by atoms with E-state index < -0.39 is 5.97 Å². The van der Waals surface area contributed by atoms with Crippen molar-refractivity contribution < 1.29 is 14.2 Å². The predicted octanol–water partition coefficient (Wildman–Crippen LogP) is 8.65. The van der Waals surface area contributed by atoms with E-state index >= 15 is 0 Å². The van der Waals surface area contributed by atoms with E-state index in [2.05, 4.69) is 9.24 Å². The lowest BCUT2D eigenvalue weighted by atomic mass is 10.1. The van der Waals surface area contributed by atoms with Crippen molar-refractivity contribution in [1.29, 1.82) is 0 Å². The van der Waals surface area contributed by atoms with Gasteiger partial charge in [-0.05, 0) is 55.4 Å². The maximum absolute atomic E-state index is 6.45. The van der Waals surface area contributed by atoms with Crippen LogP contribution in [0.4, 0.5) is 0 Å². The first kappa shape index (κ1) is 26.1. The van der Waals surface area contributed by atoms with Crippen LogP contribution in [0.2, 0.25) is 0 Å². The van der Waals surface area contributed by atoms with E-state index in [1.807, 2.05) is 91.0 Å². The molecule has 4 heteroatoms. The summed E-state index contributed by atoms with van der Waals surface area (Å²) in [6.07, 6.45) is 13.2. The van der Waals surface area contributed by atoms with Gasteiger partial charge in [-0.25, -0.2) is 0 Å². The molecule has 0 radical (unpaired) electrons. The Balaban J connectivity index is 1.65. The summed E-state index contributed by atoms with van der Waals surface area (Å²) in [5.41, 5.74) is 0. The molecule has 3 rings (SSSR count). The second-order valence-electron chi connectivity index (χ2n) is 8.65. The first-order valence-corrected chi connectivity index (χ1v) is 13.5. The highest BCUT2D eigenvalue weighted by molar-refractivity contribution is 7.16. The highest BCUT2D eigenvalue weighted by Crippen LogP contribution is 2.31. The molecule has 0 saturated heterocycles. The highest BCUT2D eigenvalue weighted by atomic mass is 31.0. The van der Waals surface area contributed by atoms with Gasteiger partial charge in [0.2, 0.25) is 0 Å². The van der Waals surface area contributed by atoms with Gasteiger partial charge in [-0.15, -0.1) is 9.24 Å². The summed E-state index contributed by atoms with van der Waals surface area (Å²) in [6, 6.07) is 29.3. The van der Waals surface area contributed by atoms with Gasteiger partial charge in [0.15, 0.2) is 0 Å². The number of para-hydroxylation sites is 3. The minimum Gasteiger partial charge on any atom is -0.421 e. The van der Waals surface area contributed by atoms with Crippen molar-refractivity contribution in [3.05, 3.63) is 91.0 Å². The van der Waals surface area contributed by atoms with Crippen LogP contribution in [0.3, 0.4) is 0 Å². The fourth-order valence-corrected chi connectivity index (χ4v) is 4.23. The average molecular weight is 479 g/mol. The summed E-state index contributed by atoms with van der Waals surface area (Å²) in [4.78, 5) is 0. The van der Waals surface area contributed by atoms with Crippen LogP contribution in [-0.2, 0) is 0 Å². The third-order valence-corrected chi connectivity index (χ3v) is 6.15. The molecule has 3 nitrogen and oxygen atoms in total. The Morgan fingerprint density at radius 2 is 0.765 bits per heavy atom. The van der Waals surface area contributed by atoms with E-state index in [9.17, 15) is 0 Å². The van der Waals surface area contributed by atoms with Crippen LogP contribution >= 0.6 is 9.24 Å². The second kappa shape index (κ2) is 15.4. The maximum atomic E-state index is 6.45. The number of hydrogen-bond acceptors (Lipinski definition) is 3. The smallest absolute Gasteiger partial charge is 0.417 e. The van der Waals surface area contributed by atoms with Crippen LogP contribution in [-0.4, -0.2) is 12.1 Å². The lowest BCUT2D eigenvalue weighted by molar-refractivity contribution is -0.257. The van der Waals surface area contributed by atoms with E-state index in [1.54, 1.807) is 0 Å². The van der Waals surface area contributed by atoms with Gasteiger partial charge in [0.25, 0.3) is 0 Å². The first-order valence-electron chi connectivity index (χ1n) is 12.7. The van der Waals surface area contributed by atoms with E-state index in [0.29, 0.717) is 6.42 Å². The second-order valence-corrected chi connectivity index (χ2v) is 9.23. The molecule has 0 fully saturated rings. The van der Waals surface area contributed by atoms with Gasteiger partial charge < -0.3 is 14.2 Å². The van der Waals surface area contributed by atoms with Crippen LogP contribution < -0.4 is 14.2 Å². The van der Waals surface area contributed by atoms with Crippen LogP contribution in [0.25, 0.3) is 0 Å². The molecule has 3 aromatic carbocycles. The molecule has 182 valence electrons. The van der Waals surface area contributed by atoms with Crippen LogP contribution in [0.1, 0.15) is 64.2 Å². The Morgan fingerprint density at radius 1 is 0.441 bits per heavy atom. The molecule has 0 saturated carbocycles. The van der Waals surface area contributed by atoms with Gasteiger partial charge in [-0.2, -0.15) is 0 Å². The Bertz CT molecular complexity index is 785. The average Bonchev–Trinajstić information content (AvgIpc) is 2.87. The van der Waals surface area contributed by atoms with Gasteiger partial charge in [-0.1, -0.05) is 99.5 Å². The molecule has 0 heterocycles. The van der Waals surface area contributed by atoms with Crippen molar-refractivity contribution >= 4 is 9.24 Å². The van der Waals surface area contributed by atoms with Gasteiger partial charge in [0.1, 0.15) is 17.2 Å². The van der Waals surface area contributed by atoms with Gasteiger partial charge >= 0.3 is 5.97 Å². The molecule has 0 amide bonds. The molecule has 0 aliphatic heterocycles. The molecule has 0 spiro atoms. The quantitative estimate of drug-likeness (QED) is 0.110. The van der Waals surface area contributed by atoms with Crippen LogP contribution in [0, 0.1) is 0 Å². The van der Waals surface area contributed by atoms with Crippen molar-refractivity contribution in [2.45, 2.75) is 70.2 Å². The summed E-state index contributed by atoms with van der Waals surface area (Å²) in [6.45, 7) is 0. The molecule has 0 N–H and O–H groups in total. The first-order chi connectivity index (χ1) is 16.8. The monoisotopic (exact) mass is 478 g/mol. The lowest BCUT2D eigenvalue weighted by Gasteiger charge is -2.34. The minimum atomic E-state index is -1.25. The summed E-state index contributed by atoms with van der Waals surface area (Å²) in [5.74, 6) is 0.918. The van der Waals surface area contributed by atoms with E-state index in [-0.39, 0.29) is 0 Å². The number of hydrogen-bond donors (Lipinski definition) is 0.